The molecule has 32 heavy (non-hydrogen) atoms. The molecule has 6 nitrogen and oxygen atoms in total. The number of carboxylic acids is 1. The number of aromatic carboxylic acids is 1. The van der Waals surface area contributed by atoms with E-state index in [0.29, 0.717) is 25.1 Å². The van der Waals surface area contributed by atoms with Crippen molar-refractivity contribution in [3.05, 3.63) is 64.8 Å². The van der Waals surface area contributed by atoms with Crippen LogP contribution in [0.1, 0.15) is 72.5 Å². The minimum Gasteiger partial charge on any atom is -0.496 e. The molecule has 3 aromatic rings. The summed E-state index contributed by atoms with van der Waals surface area (Å²) in [7, 11) is 1.57. The fourth-order valence-electron chi connectivity index (χ4n) is 4.14. The molecule has 6 heteroatoms. The SMILES string of the molecule is CCCNC(=O)CCc1ccc2[nH]cc(C(CCC)c3ccc(C(=O)O)cc3OC)c2c1. The van der Waals surface area contributed by atoms with Gasteiger partial charge in [0.15, 0.2) is 0 Å². The highest BCUT2D eigenvalue weighted by atomic mass is 16.5. The highest BCUT2D eigenvalue weighted by molar-refractivity contribution is 5.89. The van der Waals surface area contributed by atoms with Gasteiger partial charge in [-0.3, -0.25) is 4.79 Å². The second-order valence-electron chi connectivity index (χ2n) is 8.08. The molecule has 0 aliphatic rings. The number of aryl methyl sites for hydroxylation is 1. The number of H-pyrrole nitrogens is 1. The highest BCUT2D eigenvalue weighted by Crippen LogP contribution is 2.39. The van der Waals surface area contributed by atoms with Crippen molar-refractivity contribution in [3.63, 3.8) is 0 Å². The number of carboxylic acid groups (broad SMARTS) is 1. The van der Waals surface area contributed by atoms with Gasteiger partial charge in [-0.1, -0.05) is 32.4 Å². The second-order valence-corrected chi connectivity index (χ2v) is 8.08. The molecule has 1 heterocycles. The maximum atomic E-state index is 12.0. The zero-order chi connectivity index (χ0) is 23.1. The lowest BCUT2D eigenvalue weighted by Gasteiger charge is -2.20. The van der Waals surface area contributed by atoms with Gasteiger partial charge >= 0.3 is 5.97 Å². The van der Waals surface area contributed by atoms with E-state index in [0.717, 1.165) is 46.9 Å². The van der Waals surface area contributed by atoms with Crippen molar-refractivity contribution in [2.45, 2.75) is 51.9 Å². The first-order chi connectivity index (χ1) is 15.5. The van der Waals surface area contributed by atoms with Gasteiger partial charge in [0.05, 0.1) is 12.7 Å². The molecular weight excluding hydrogens is 404 g/mol. The number of ether oxygens (including phenoxy) is 1. The average Bonchev–Trinajstić information content (AvgIpc) is 3.22. The third kappa shape index (κ3) is 5.31. The molecule has 3 N–H and O–H groups in total. The van der Waals surface area contributed by atoms with Gasteiger partial charge in [0.2, 0.25) is 5.91 Å². The molecule has 170 valence electrons. The summed E-state index contributed by atoms with van der Waals surface area (Å²) in [6.45, 7) is 4.89. The molecule has 1 amide bonds. The van der Waals surface area contributed by atoms with Crippen LogP contribution in [0.5, 0.6) is 5.75 Å². The smallest absolute Gasteiger partial charge is 0.335 e. The van der Waals surface area contributed by atoms with E-state index in [1.807, 2.05) is 19.2 Å². The number of fused-ring (bicyclic) bond motifs is 1. The number of aromatic nitrogens is 1. The number of aromatic amines is 1. The van der Waals surface area contributed by atoms with E-state index < -0.39 is 5.97 Å². The van der Waals surface area contributed by atoms with Crippen LogP contribution < -0.4 is 10.1 Å². The van der Waals surface area contributed by atoms with Crippen LogP contribution in [0.2, 0.25) is 0 Å². The number of benzene rings is 2. The predicted molar refractivity (Wildman–Crippen MR) is 127 cm³/mol. The largest absolute Gasteiger partial charge is 0.496 e. The lowest BCUT2D eigenvalue weighted by Crippen LogP contribution is -2.24. The summed E-state index contributed by atoms with van der Waals surface area (Å²) in [6, 6.07) is 11.4. The van der Waals surface area contributed by atoms with Crippen LogP contribution in [-0.4, -0.2) is 35.6 Å². The molecule has 0 fully saturated rings. The third-order valence-corrected chi connectivity index (χ3v) is 5.80. The van der Waals surface area contributed by atoms with Crippen LogP contribution in [0, 0.1) is 0 Å². The first-order valence-electron chi connectivity index (χ1n) is 11.3. The molecule has 0 bridgehead atoms. The number of nitrogens with one attached hydrogen (secondary N) is 2. The summed E-state index contributed by atoms with van der Waals surface area (Å²) in [5, 5.41) is 13.4. The van der Waals surface area contributed by atoms with E-state index in [-0.39, 0.29) is 17.4 Å². The Balaban J connectivity index is 1.95. The standard InChI is InChI=1S/C26H32N2O4/c1-4-6-19(20-10-9-18(26(30)31)15-24(20)32-3)22-16-28-23-11-7-17(14-21(22)23)8-12-25(29)27-13-5-2/h7,9-11,14-16,19,28H,4-6,8,12-13H2,1-3H3,(H,27,29)(H,30,31). The van der Waals surface area contributed by atoms with E-state index in [2.05, 4.69) is 35.4 Å². The molecule has 1 unspecified atom stereocenters. The van der Waals surface area contributed by atoms with Crippen molar-refractivity contribution >= 4 is 22.8 Å². The molecule has 0 saturated carbocycles. The Morgan fingerprint density at radius 1 is 1.09 bits per heavy atom. The number of amides is 1. The Morgan fingerprint density at radius 2 is 1.91 bits per heavy atom. The zero-order valence-electron chi connectivity index (χ0n) is 19.0. The van der Waals surface area contributed by atoms with Crippen LogP contribution in [0.3, 0.4) is 0 Å². The Hall–Kier alpha value is -3.28. The summed E-state index contributed by atoms with van der Waals surface area (Å²) in [6.07, 6.45) is 5.99. The zero-order valence-corrected chi connectivity index (χ0v) is 19.0. The Labute approximate surface area is 189 Å². The predicted octanol–water partition coefficient (Wildman–Crippen LogP) is 5.27. The minimum absolute atomic E-state index is 0.0645. The summed E-state index contributed by atoms with van der Waals surface area (Å²) < 4.78 is 5.58. The van der Waals surface area contributed by atoms with E-state index in [9.17, 15) is 14.7 Å². The Bertz CT molecular complexity index is 1090. The summed E-state index contributed by atoms with van der Waals surface area (Å²) >= 11 is 0. The first kappa shape index (κ1) is 23.4. The number of hydrogen-bond acceptors (Lipinski definition) is 3. The van der Waals surface area contributed by atoms with Crippen molar-refractivity contribution in [1.29, 1.82) is 0 Å². The minimum atomic E-state index is -0.971. The van der Waals surface area contributed by atoms with Crippen LogP contribution >= 0.6 is 0 Å². The van der Waals surface area contributed by atoms with Gasteiger partial charge in [-0.2, -0.15) is 0 Å². The average molecular weight is 437 g/mol. The van der Waals surface area contributed by atoms with Crippen molar-refractivity contribution in [1.82, 2.24) is 10.3 Å². The fourth-order valence-corrected chi connectivity index (χ4v) is 4.14. The maximum absolute atomic E-state index is 12.0. The summed E-state index contributed by atoms with van der Waals surface area (Å²) in [5.41, 5.74) is 4.50. The van der Waals surface area contributed by atoms with Crippen LogP contribution in [-0.2, 0) is 11.2 Å². The molecule has 3 rings (SSSR count). The van der Waals surface area contributed by atoms with Gasteiger partial charge in [0.25, 0.3) is 0 Å². The summed E-state index contributed by atoms with van der Waals surface area (Å²) in [4.78, 5) is 26.8. The molecule has 0 aliphatic heterocycles. The van der Waals surface area contributed by atoms with Crippen LogP contribution in [0.15, 0.2) is 42.6 Å². The summed E-state index contributed by atoms with van der Waals surface area (Å²) in [5.74, 6) is -0.244. The molecule has 1 aromatic heterocycles. The topological polar surface area (TPSA) is 91.4 Å². The van der Waals surface area contributed by atoms with Gasteiger partial charge in [-0.05, 0) is 54.7 Å². The first-order valence-corrected chi connectivity index (χ1v) is 11.3. The number of methoxy groups -OCH3 is 1. The normalized spacial score (nSPS) is 12.0. The molecule has 2 aromatic carbocycles. The Kier molecular flexibility index (Phi) is 7.92. The second kappa shape index (κ2) is 10.8. The van der Waals surface area contributed by atoms with Gasteiger partial charge < -0.3 is 20.1 Å². The van der Waals surface area contributed by atoms with E-state index in [1.165, 1.54) is 0 Å². The highest BCUT2D eigenvalue weighted by Gasteiger charge is 2.22. The van der Waals surface area contributed by atoms with Gasteiger partial charge in [0, 0.05) is 41.5 Å². The molecule has 0 radical (unpaired) electrons. The quantitative estimate of drug-likeness (QED) is 0.382. The molecular formula is C26H32N2O4. The number of hydrogen-bond donors (Lipinski definition) is 3. The fraction of sp³-hybridized carbons (Fsp3) is 0.385. The molecule has 0 saturated heterocycles. The monoisotopic (exact) mass is 436 g/mol. The van der Waals surface area contributed by atoms with E-state index >= 15 is 0 Å². The van der Waals surface area contributed by atoms with Crippen LogP contribution in [0.25, 0.3) is 10.9 Å². The van der Waals surface area contributed by atoms with Crippen molar-refractivity contribution in [2.24, 2.45) is 0 Å². The molecule has 0 aliphatic carbocycles. The third-order valence-electron chi connectivity index (χ3n) is 5.80. The number of carbonyl (C=O) groups is 2. The molecule has 0 spiro atoms. The van der Waals surface area contributed by atoms with Crippen molar-refractivity contribution in [3.8, 4) is 5.75 Å². The maximum Gasteiger partial charge on any atom is 0.335 e. The molecule has 1 atom stereocenters. The van der Waals surface area contributed by atoms with Crippen molar-refractivity contribution in [2.75, 3.05) is 13.7 Å². The number of carbonyl (C=O) groups excluding carboxylic acids is 1. The number of rotatable bonds is 11. The van der Waals surface area contributed by atoms with Crippen molar-refractivity contribution < 1.29 is 19.4 Å². The Morgan fingerprint density at radius 3 is 2.59 bits per heavy atom. The van der Waals surface area contributed by atoms with Gasteiger partial charge in [0.1, 0.15) is 5.75 Å². The van der Waals surface area contributed by atoms with E-state index in [1.54, 1.807) is 19.2 Å². The lowest BCUT2D eigenvalue weighted by molar-refractivity contribution is -0.121. The van der Waals surface area contributed by atoms with Crippen LogP contribution in [0.4, 0.5) is 0 Å². The van der Waals surface area contributed by atoms with E-state index in [4.69, 9.17) is 4.74 Å². The lowest BCUT2D eigenvalue weighted by atomic mass is 9.86. The van der Waals surface area contributed by atoms with Gasteiger partial charge in [-0.15, -0.1) is 0 Å². The van der Waals surface area contributed by atoms with Gasteiger partial charge in [-0.25, -0.2) is 4.79 Å².